The Morgan fingerprint density at radius 3 is 2.55 bits per heavy atom. The van der Waals surface area contributed by atoms with Crippen LogP contribution in [0.15, 0.2) is 62.7 Å². The molecule has 0 N–H and O–H groups in total. The first-order valence-corrected chi connectivity index (χ1v) is 9.99. The first kappa shape index (κ1) is 15.3. The lowest BCUT2D eigenvalue weighted by Gasteiger charge is -1.98. The second-order valence-electron chi connectivity index (χ2n) is 4.66. The molecule has 1 aromatic heterocycles. The molecule has 0 aliphatic heterocycles. The number of aromatic nitrogens is 1. The number of thioether (sulfide) groups is 1. The summed E-state index contributed by atoms with van der Waals surface area (Å²) in [5.74, 6) is 0. The number of sulfonamides is 1. The molecule has 7 heteroatoms. The van der Waals surface area contributed by atoms with Crippen LogP contribution in [0, 0.1) is 0 Å². The van der Waals surface area contributed by atoms with Gasteiger partial charge in [0.1, 0.15) is 0 Å². The molecule has 3 aromatic rings. The third-order valence-corrected chi connectivity index (χ3v) is 6.47. The third-order valence-electron chi connectivity index (χ3n) is 3.26. The largest absolute Gasteiger partial charge is 0.319 e. The minimum atomic E-state index is -3.69. The van der Waals surface area contributed by atoms with Crippen molar-refractivity contribution in [1.29, 1.82) is 0 Å². The summed E-state index contributed by atoms with van der Waals surface area (Å²) in [6.45, 7) is 0. The van der Waals surface area contributed by atoms with E-state index in [4.69, 9.17) is 0 Å². The number of thiazole rings is 1. The summed E-state index contributed by atoms with van der Waals surface area (Å²) in [5.41, 5.74) is 0.977. The van der Waals surface area contributed by atoms with E-state index in [1.165, 1.54) is 11.3 Å². The van der Waals surface area contributed by atoms with Gasteiger partial charge in [-0.3, -0.25) is 0 Å². The molecule has 0 saturated carbocycles. The van der Waals surface area contributed by atoms with Crippen LogP contribution in [0.4, 0.5) is 0 Å². The fraction of sp³-hybridized carbons (Fsp3) is 0.133. The Morgan fingerprint density at radius 1 is 1.14 bits per heavy atom. The highest BCUT2D eigenvalue weighted by atomic mass is 32.2. The maximum atomic E-state index is 12.4. The predicted octanol–water partition coefficient (Wildman–Crippen LogP) is 3.25. The van der Waals surface area contributed by atoms with Crippen molar-refractivity contribution in [3.8, 4) is 0 Å². The quantitative estimate of drug-likeness (QED) is 0.681. The molecule has 0 amide bonds. The molecule has 0 radical (unpaired) electrons. The van der Waals surface area contributed by atoms with Crippen molar-refractivity contribution in [2.45, 2.75) is 9.79 Å². The maximum absolute atomic E-state index is 12.4. The lowest BCUT2D eigenvalue weighted by Crippen LogP contribution is -2.13. The summed E-state index contributed by atoms with van der Waals surface area (Å²) in [7, 11) is -1.86. The minimum absolute atomic E-state index is 0.206. The van der Waals surface area contributed by atoms with Gasteiger partial charge in [-0.1, -0.05) is 29.5 Å². The summed E-state index contributed by atoms with van der Waals surface area (Å²) >= 11 is 3.04. The number of hydrogen-bond acceptors (Lipinski definition) is 4. The molecule has 0 spiro atoms. The molecule has 4 nitrogen and oxygen atoms in total. The van der Waals surface area contributed by atoms with E-state index in [0.29, 0.717) is 4.80 Å². The lowest BCUT2D eigenvalue weighted by molar-refractivity contribution is 0.596. The molecule has 2 aromatic carbocycles. The van der Waals surface area contributed by atoms with Crippen molar-refractivity contribution in [2.24, 2.45) is 11.4 Å². The third kappa shape index (κ3) is 2.84. The van der Waals surface area contributed by atoms with E-state index in [1.807, 2.05) is 30.0 Å². The number of fused-ring (bicyclic) bond motifs is 1. The van der Waals surface area contributed by atoms with Gasteiger partial charge in [0, 0.05) is 11.9 Å². The highest BCUT2D eigenvalue weighted by molar-refractivity contribution is 7.98. The Labute approximate surface area is 137 Å². The molecular formula is C15H14N2O2S3. The van der Waals surface area contributed by atoms with E-state index in [0.717, 1.165) is 15.1 Å². The van der Waals surface area contributed by atoms with Crippen molar-refractivity contribution in [2.75, 3.05) is 6.26 Å². The summed E-state index contributed by atoms with van der Waals surface area (Å²) < 4.78 is 31.6. The average molecular weight is 350 g/mol. The van der Waals surface area contributed by atoms with Gasteiger partial charge in [0.15, 0.2) is 0 Å². The molecular weight excluding hydrogens is 336 g/mol. The van der Waals surface area contributed by atoms with Crippen LogP contribution >= 0.6 is 23.1 Å². The molecule has 0 saturated heterocycles. The molecule has 1 heterocycles. The zero-order valence-electron chi connectivity index (χ0n) is 12.1. The number of rotatable bonds is 3. The van der Waals surface area contributed by atoms with Crippen molar-refractivity contribution >= 4 is 43.3 Å². The fourth-order valence-corrected chi connectivity index (χ4v) is 4.90. The standard InChI is InChI=1S/C15H14N2O2S3/c1-17-13-9-8-11(20-2)10-14(13)21-15(17)16-22(18,19)12-6-4-3-5-7-12/h3-10H,1-2H3. The van der Waals surface area contributed by atoms with Crippen molar-refractivity contribution in [3.05, 3.63) is 53.3 Å². The smallest absolute Gasteiger partial charge is 0.285 e. The van der Waals surface area contributed by atoms with Gasteiger partial charge in [0.2, 0.25) is 4.80 Å². The van der Waals surface area contributed by atoms with E-state index >= 15 is 0 Å². The van der Waals surface area contributed by atoms with Crippen LogP contribution in [0.2, 0.25) is 0 Å². The van der Waals surface area contributed by atoms with Gasteiger partial charge >= 0.3 is 0 Å². The molecule has 22 heavy (non-hydrogen) atoms. The van der Waals surface area contributed by atoms with Crippen LogP contribution in [-0.4, -0.2) is 19.2 Å². The summed E-state index contributed by atoms with van der Waals surface area (Å²) in [5, 5.41) is 0. The summed E-state index contributed by atoms with van der Waals surface area (Å²) in [6.07, 6.45) is 2.01. The van der Waals surface area contributed by atoms with Crippen molar-refractivity contribution in [3.63, 3.8) is 0 Å². The van der Waals surface area contributed by atoms with Crippen LogP contribution < -0.4 is 4.80 Å². The van der Waals surface area contributed by atoms with Gasteiger partial charge in [0.05, 0.1) is 15.1 Å². The number of benzene rings is 2. The molecule has 0 unspecified atom stereocenters. The Hall–Kier alpha value is -1.57. The van der Waals surface area contributed by atoms with Crippen LogP contribution in [0.25, 0.3) is 10.2 Å². The van der Waals surface area contributed by atoms with Gasteiger partial charge in [0.25, 0.3) is 10.0 Å². The topological polar surface area (TPSA) is 51.4 Å². The van der Waals surface area contributed by atoms with Gasteiger partial charge in [-0.15, -0.1) is 16.2 Å². The Balaban J connectivity index is 2.20. The lowest BCUT2D eigenvalue weighted by atomic mass is 10.3. The van der Waals surface area contributed by atoms with Crippen LogP contribution in [-0.2, 0) is 17.1 Å². The zero-order valence-corrected chi connectivity index (χ0v) is 14.5. The van der Waals surface area contributed by atoms with Crippen molar-refractivity contribution < 1.29 is 8.42 Å². The molecule has 3 rings (SSSR count). The first-order chi connectivity index (χ1) is 10.5. The minimum Gasteiger partial charge on any atom is -0.319 e. The monoisotopic (exact) mass is 350 g/mol. The highest BCUT2D eigenvalue weighted by Crippen LogP contribution is 2.23. The van der Waals surface area contributed by atoms with Crippen LogP contribution in [0.3, 0.4) is 0 Å². The maximum Gasteiger partial charge on any atom is 0.285 e. The summed E-state index contributed by atoms with van der Waals surface area (Å²) in [4.78, 5) is 1.82. The Bertz CT molecular complexity index is 987. The number of aryl methyl sites for hydroxylation is 1. The van der Waals surface area contributed by atoms with Gasteiger partial charge in [-0.25, -0.2) is 0 Å². The van der Waals surface area contributed by atoms with Crippen LogP contribution in [0.5, 0.6) is 0 Å². The number of nitrogens with zero attached hydrogens (tertiary/aromatic N) is 2. The van der Waals surface area contributed by atoms with Crippen molar-refractivity contribution in [1.82, 2.24) is 4.57 Å². The second-order valence-corrected chi connectivity index (χ2v) is 8.15. The SMILES string of the molecule is CSc1ccc2c(c1)sc(=NS(=O)(=O)c1ccccc1)n2C. The number of hydrogen-bond donors (Lipinski definition) is 0. The molecule has 0 aliphatic rings. The molecule has 0 aliphatic carbocycles. The van der Waals surface area contributed by atoms with E-state index in [1.54, 1.807) is 42.1 Å². The molecule has 0 fully saturated rings. The van der Waals surface area contributed by atoms with E-state index in [-0.39, 0.29) is 4.90 Å². The van der Waals surface area contributed by atoms with Gasteiger partial charge in [-0.2, -0.15) is 8.42 Å². The molecule has 0 bridgehead atoms. The van der Waals surface area contributed by atoms with Crippen LogP contribution in [0.1, 0.15) is 0 Å². The first-order valence-electron chi connectivity index (χ1n) is 6.51. The zero-order chi connectivity index (χ0) is 15.7. The highest BCUT2D eigenvalue weighted by Gasteiger charge is 2.13. The normalized spacial score (nSPS) is 12.9. The van der Waals surface area contributed by atoms with E-state index in [9.17, 15) is 8.42 Å². The molecule has 0 atom stereocenters. The average Bonchev–Trinajstić information content (AvgIpc) is 2.83. The predicted molar refractivity (Wildman–Crippen MR) is 91.8 cm³/mol. The summed E-state index contributed by atoms with van der Waals surface area (Å²) in [6, 6.07) is 14.3. The molecule has 114 valence electrons. The van der Waals surface area contributed by atoms with Gasteiger partial charge < -0.3 is 4.57 Å². The van der Waals surface area contributed by atoms with E-state index in [2.05, 4.69) is 10.5 Å². The van der Waals surface area contributed by atoms with E-state index < -0.39 is 10.0 Å². The van der Waals surface area contributed by atoms with Gasteiger partial charge in [-0.05, 0) is 36.6 Å². The Kier molecular flexibility index (Phi) is 4.12. The fourth-order valence-electron chi connectivity index (χ4n) is 2.08. The Morgan fingerprint density at radius 2 is 1.86 bits per heavy atom. The second kappa shape index (κ2) is 5.91.